The molecule has 0 aromatic rings. The molecule has 0 aliphatic heterocycles. The molecule has 0 saturated heterocycles. The van der Waals surface area contributed by atoms with E-state index in [1.54, 1.807) is 13.8 Å². The van der Waals surface area contributed by atoms with Crippen molar-refractivity contribution in [3.8, 4) is 0 Å². The minimum atomic E-state index is -0.311. The number of carbonyl (C=O) groups is 3. The summed E-state index contributed by atoms with van der Waals surface area (Å²) in [5.41, 5.74) is 2.31. The second kappa shape index (κ2) is 7.21. The molecule has 4 aliphatic rings. The summed E-state index contributed by atoms with van der Waals surface area (Å²) in [4.78, 5) is 36.7. The SMILES string of the molecule is CC(C)C(=O)OCC(=O)C1=CC[C@H]2[C@@H]3CCC4=CC(=O)CC[C@]4(C)[C@H]3CC[C@]12C. The lowest BCUT2D eigenvalue weighted by Gasteiger charge is -2.57. The molecule has 29 heavy (non-hydrogen) atoms. The lowest BCUT2D eigenvalue weighted by Crippen LogP contribution is -2.50. The number of Topliss-reactive ketones (excluding diaryl/α,β-unsaturated/α-hetero) is 1. The number of allylic oxidation sites excluding steroid dienone is 3. The van der Waals surface area contributed by atoms with E-state index in [1.807, 2.05) is 6.08 Å². The molecular weight excluding hydrogens is 364 g/mol. The quantitative estimate of drug-likeness (QED) is 0.637. The molecule has 0 aromatic heterocycles. The molecule has 158 valence electrons. The van der Waals surface area contributed by atoms with Crippen molar-refractivity contribution in [2.45, 2.75) is 72.6 Å². The predicted molar refractivity (Wildman–Crippen MR) is 111 cm³/mol. The molecule has 0 N–H and O–H groups in total. The zero-order valence-electron chi connectivity index (χ0n) is 18.3. The summed E-state index contributed by atoms with van der Waals surface area (Å²) in [6, 6.07) is 0. The summed E-state index contributed by atoms with van der Waals surface area (Å²) < 4.78 is 5.24. The van der Waals surface area contributed by atoms with Gasteiger partial charge in [-0.05, 0) is 73.2 Å². The van der Waals surface area contributed by atoms with Gasteiger partial charge < -0.3 is 4.74 Å². The van der Waals surface area contributed by atoms with Crippen molar-refractivity contribution in [3.05, 3.63) is 23.3 Å². The predicted octanol–water partition coefficient (Wildman–Crippen LogP) is 4.82. The molecule has 4 nitrogen and oxygen atoms in total. The van der Waals surface area contributed by atoms with Gasteiger partial charge in [0.25, 0.3) is 0 Å². The Morgan fingerprint density at radius 1 is 1.10 bits per heavy atom. The van der Waals surface area contributed by atoms with Crippen LogP contribution in [0.1, 0.15) is 72.6 Å². The van der Waals surface area contributed by atoms with E-state index in [0.717, 1.165) is 44.1 Å². The zero-order chi connectivity index (χ0) is 21.0. The Bertz CT molecular complexity index is 804. The maximum atomic E-state index is 12.9. The summed E-state index contributed by atoms with van der Waals surface area (Å²) >= 11 is 0. The highest BCUT2D eigenvalue weighted by Crippen LogP contribution is 2.65. The van der Waals surface area contributed by atoms with E-state index < -0.39 is 0 Å². The number of rotatable bonds is 4. The van der Waals surface area contributed by atoms with Crippen LogP contribution >= 0.6 is 0 Å². The summed E-state index contributed by atoms with van der Waals surface area (Å²) in [5.74, 6) is 1.44. The zero-order valence-corrected chi connectivity index (χ0v) is 18.3. The van der Waals surface area contributed by atoms with Gasteiger partial charge in [-0.25, -0.2) is 0 Å². The first-order valence-corrected chi connectivity index (χ1v) is 11.3. The van der Waals surface area contributed by atoms with Crippen molar-refractivity contribution in [1.82, 2.24) is 0 Å². The largest absolute Gasteiger partial charge is 0.457 e. The van der Waals surface area contributed by atoms with Crippen molar-refractivity contribution >= 4 is 17.5 Å². The van der Waals surface area contributed by atoms with E-state index in [-0.39, 0.29) is 35.1 Å². The molecule has 0 aromatic carbocycles. The molecule has 4 heteroatoms. The van der Waals surface area contributed by atoms with Gasteiger partial charge in [-0.2, -0.15) is 0 Å². The average Bonchev–Trinajstić information content (AvgIpc) is 3.03. The number of esters is 1. The van der Waals surface area contributed by atoms with Gasteiger partial charge in [0, 0.05) is 12.0 Å². The van der Waals surface area contributed by atoms with Crippen molar-refractivity contribution in [2.75, 3.05) is 6.61 Å². The highest BCUT2D eigenvalue weighted by Gasteiger charge is 2.57. The third kappa shape index (κ3) is 3.23. The molecular formula is C25H34O4. The minimum Gasteiger partial charge on any atom is -0.457 e. The third-order valence-corrected chi connectivity index (χ3v) is 8.66. The first kappa shape index (κ1) is 20.6. The summed E-state index contributed by atoms with van der Waals surface area (Å²) in [6.07, 6.45) is 10.9. The number of ether oxygens (including phenoxy) is 1. The first-order valence-electron chi connectivity index (χ1n) is 11.3. The van der Waals surface area contributed by atoms with Crippen molar-refractivity contribution in [3.63, 3.8) is 0 Å². The second-order valence-corrected chi connectivity index (χ2v) is 10.5. The average molecular weight is 399 g/mol. The number of hydrogen-bond acceptors (Lipinski definition) is 4. The molecule has 0 bridgehead atoms. The monoisotopic (exact) mass is 398 g/mol. The molecule has 5 atom stereocenters. The number of hydrogen-bond donors (Lipinski definition) is 0. The van der Waals surface area contributed by atoms with Crippen molar-refractivity contribution in [2.24, 2.45) is 34.5 Å². The maximum Gasteiger partial charge on any atom is 0.308 e. The van der Waals surface area contributed by atoms with E-state index in [2.05, 4.69) is 19.9 Å². The van der Waals surface area contributed by atoms with Crippen LogP contribution in [-0.4, -0.2) is 24.1 Å². The second-order valence-electron chi connectivity index (χ2n) is 10.5. The Labute approximate surface area is 174 Å². The Morgan fingerprint density at radius 2 is 1.86 bits per heavy atom. The third-order valence-electron chi connectivity index (χ3n) is 8.66. The van der Waals surface area contributed by atoms with Crippen LogP contribution in [0.4, 0.5) is 0 Å². The van der Waals surface area contributed by atoms with Gasteiger partial charge in [0.1, 0.15) is 0 Å². The molecule has 4 rings (SSSR count). The van der Waals surface area contributed by atoms with Crippen LogP contribution < -0.4 is 0 Å². The van der Waals surface area contributed by atoms with Crippen molar-refractivity contribution in [1.29, 1.82) is 0 Å². The van der Waals surface area contributed by atoms with Gasteiger partial charge in [-0.3, -0.25) is 14.4 Å². The molecule has 0 spiro atoms. The lowest BCUT2D eigenvalue weighted by molar-refractivity contribution is -0.150. The standard InChI is InChI=1S/C25H34O4/c1-15(2)23(28)29-14-22(27)21-8-7-19-18-6-5-16-13-17(26)9-11-24(16,3)20(18)10-12-25(19,21)4/h8,13,15,18-20H,5-7,9-12,14H2,1-4H3/t18-,19-,20-,24-,25-/m0/s1. The Kier molecular flexibility index (Phi) is 5.11. The molecule has 0 radical (unpaired) electrons. The number of fused-ring (bicyclic) bond motifs is 5. The van der Waals surface area contributed by atoms with Crippen LogP contribution in [0.15, 0.2) is 23.3 Å². The van der Waals surface area contributed by atoms with Gasteiger partial charge in [0.2, 0.25) is 0 Å². The summed E-state index contributed by atoms with van der Waals surface area (Å²) in [5, 5.41) is 0. The number of carbonyl (C=O) groups excluding carboxylic acids is 3. The van der Waals surface area contributed by atoms with Gasteiger partial charge in [0.05, 0.1) is 5.92 Å². The van der Waals surface area contributed by atoms with E-state index in [1.165, 1.54) is 5.57 Å². The van der Waals surface area contributed by atoms with E-state index in [9.17, 15) is 14.4 Å². The molecule has 0 heterocycles. The molecule has 0 unspecified atom stereocenters. The summed E-state index contributed by atoms with van der Waals surface area (Å²) in [6.45, 7) is 8.07. The van der Waals surface area contributed by atoms with Crippen molar-refractivity contribution < 1.29 is 19.1 Å². The highest BCUT2D eigenvalue weighted by molar-refractivity contribution is 5.99. The van der Waals surface area contributed by atoms with E-state index in [4.69, 9.17) is 4.74 Å². The van der Waals surface area contributed by atoms with Gasteiger partial charge in [-0.1, -0.05) is 39.3 Å². The fraction of sp³-hybridized carbons (Fsp3) is 0.720. The van der Waals surface area contributed by atoms with Crippen LogP contribution in [-0.2, 0) is 19.1 Å². The first-order chi connectivity index (χ1) is 13.7. The van der Waals surface area contributed by atoms with Gasteiger partial charge in [-0.15, -0.1) is 0 Å². The van der Waals surface area contributed by atoms with Gasteiger partial charge in [0.15, 0.2) is 18.2 Å². The van der Waals surface area contributed by atoms with Crippen LogP contribution in [0.2, 0.25) is 0 Å². The van der Waals surface area contributed by atoms with Crippen LogP contribution in [0.3, 0.4) is 0 Å². The van der Waals surface area contributed by atoms with Crippen LogP contribution in [0.5, 0.6) is 0 Å². The Morgan fingerprint density at radius 3 is 2.59 bits per heavy atom. The molecule has 4 aliphatic carbocycles. The fourth-order valence-corrected chi connectivity index (χ4v) is 6.94. The van der Waals surface area contributed by atoms with Crippen LogP contribution in [0, 0.1) is 34.5 Å². The lowest BCUT2D eigenvalue weighted by atomic mass is 9.47. The topological polar surface area (TPSA) is 60.4 Å². The summed E-state index contributed by atoms with van der Waals surface area (Å²) in [7, 11) is 0. The number of ketones is 2. The Balaban J connectivity index is 1.51. The minimum absolute atomic E-state index is 0.0201. The van der Waals surface area contributed by atoms with Gasteiger partial charge >= 0.3 is 5.97 Å². The highest BCUT2D eigenvalue weighted by atomic mass is 16.5. The Hall–Kier alpha value is -1.71. The maximum absolute atomic E-state index is 12.9. The normalized spacial score (nSPS) is 38.5. The fourth-order valence-electron chi connectivity index (χ4n) is 6.94. The molecule has 2 fully saturated rings. The van der Waals surface area contributed by atoms with E-state index in [0.29, 0.717) is 30.0 Å². The van der Waals surface area contributed by atoms with E-state index >= 15 is 0 Å². The van der Waals surface area contributed by atoms with Crippen LogP contribution in [0.25, 0.3) is 0 Å². The molecule has 2 saturated carbocycles. The molecule has 0 amide bonds. The smallest absolute Gasteiger partial charge is 0.308 e.